The number of nitrogens with two attached hydrogens (primary N) is 1. The maximum atomic E-state index is 12.5. The first kappa shape index (κ1) is 14.1. The van der Waals surface area contributed by atoms with Gasteiger partial charge in [0.15, 0.2) is 0 Å². The van der Waals surface area contributed by atoms with Crippen molar-refractivity contribution in [3.8, 4) is 0 Å². The molecule has 6 heteroatoms. The highest BCUT2D eigenvalue weighted by Crippen LogP contribution is 2.46. The van der Waals surface area contributed by atoms with E-state index >= 15 is 0 Å². The molecule has 2 N–H and O–H groups in total. The summed E-state index contributed by atoms with van der Waals surface area (Å²) in [6.07, 6.45) is 7.08. The number of nitrogens with zero attached hydrogens (tertiary/aromatic N) is 1. The van der Waals surface area contributed by atoms with Gasteiger partial charge in [0.25, 0.3) is 10.0 Å². The monoisotopic (exact) mass is 298 g/mol. The van der Waals surface area contributed by atoms with E-state index in [0.29, 0.717) is 24.3 Å². The van der Waals surface area contributed by atoms with Crippen LogP contribution in [0.2, 0.25) is 0 Å². The van der Waals surface area contributed by atoms with Crippen LogP contribution in [0.5, 0.6) is 0 Å². The number of sulfonamides is 1. The molecule has 0 atom stereocenters. The van der Waals surface area contributed by atoms with Crippen LogP contribution in [0, 0.1) is 5.41 Å². The van der Waals surface area contributed by atoms with Gasteiger partial charge in [0.2, 0.25) is 5.09 Å². The summed E-state index contributed by atoms with van der Waals surface area (Å²) in [5.41, 5.74) is 5.88. The van der Waals surface area contributed by atoms with Gasteiger partial charge in [-0.25, -0.2) is 8.42 Å². The highest BCUT2D eigenvalue weighted by molar-refractivity contribution is 7.89. The van der Waals surface area contributed by atoms with Crippen molar-refractivity contribution in [1.29, 1.82) is 0 Å². The van der Waals surface area contributed by atoms with Crippen LogP contribution < -0.4 is 5.73 Å². The summed E-state index contributed by atoms with van der Waals surface area (Å²) in [5.74, 6) is 0.507. The molecule has 1 aliphatic heterocycles. The predicted octanol–water partition coefficient (Wildman–Crippen LogP) is 2.08. The molecule has 0 amide bonds. The summed E-state index contributed by atoms with van der Waals surface area (Å²) in [7, 11) is -3.49. The second-order valence-electron chi connectivity index (χ2n) is 6.04. The SMILES string of the molecule is NCc1ccc(S(=O)(=O)N2CCC3(CCCC3)CC2)o1. The first-order valence-corrected chi connectivity index (χ1v) is 8.79. The van der Waals surface area contributed by atoms with Crippen LogP contribution in [0.3, 0.4) is 0 Å². The third kappa shape index (κ3) is 2.40. The fourth-order valence-electron chi connectivity index (χ4n) is 3.56. The highest BCUT2D eigenvalue weighted by Gasteiger charge is 2.40. The molecule has 0 radical (unpaired) electrons. The number of hydrogen-bond acceptors (Lipinski definition) is 4. The number of hydrogen-bond donors (Lipinski definition) is 1. The average Bonchev–Trinajstić information content (AvgIpc) is 3.09. The van der Waals surface area contributed by atoms with Crippen molar-refractivity contribution in [2.24, 2.45) is 11.1 Å². The van der Waals surface area contributed by atoms with Crippen LogP contribution >= 0.6 is 0 Å². The lowest BCUT2D eigenvalue weighted by molar-refractivity contribution is 0.159. The molecule has 3 rings (SSSR count). The lowest BCUT2D eigenvalue weighted by Gasteiger charge is -2.38. The van der Waals surface area contributed by atoms with Crippen molar-refractivity contribution in [2.75, 3.05) is 13.1 Å². The maximum Gasteiger partial charge on any atom is 0.276 e. The minimum Gasteiger partial charge on any atom is -0.447 e. The fourth-order valence-corrected chi connectivity index (χ4v) is 4.93. The van der Waals surface area contributed by atoms with E-state index in [1.54, 1.807) is 10.4 Å². The van der Waals surface area contributed by atoms with Gasteiger partial charge in [-0.2, -0.15) is 4.31 Å². The second kappa shape index (κ2) is 5.16. The predicted molar refractivity (Wildman–Crippen MR) is 75.5 cm³/mol. The van der Waals surface area contributed by atoms with E-state index < -0.39 is 10.0 Å². The van der Waals surface area contributed by atoms with Crippen LogP contribution in [0.1, 0.15) is 44.3 Å². The van der Waals surface area contributed by atoms with E-state index in [1.807, 2.05) is 0 Å². The molecule has 0 bridgehead atoms. The van der Waals surface area contributed by atoms with E-state index in [0.717, 1.165) is 12.8 Å². The summed E-state index contributed by atoms with van der Waals surface area (Å²) in [5, 5.41) is 0.0281. The Bertz CT molecular complexity index is 563. The molecule has 1 aromatic rings. The minimum atomic E-state index is -3.49. The first-order chi connectivity index (χ1) is 9.56. The Morgan fingerprint density at radius 1 is 1.15 bits per heavy atom. The van der Waals surface area contributed by atoms with Crippen LogP contribution in [0.15, 0.2) is 21.6 Å². The highest BCUT2D eigenvalue weighted by atomic mass is 32.2. The number of piperidine rings is 1. The molecule has 2 fully saturated rings. The molecule has 5 nitrogen and oxygen atoms in total. The third-order valence-electron chi connectivity index (χ3n) is 4.88. The molecule has 1 aliphatic carbocycles. The third-order valence-corrected chi connectivity index (χ3v) is 6.65. The van der Waals surface area contributed by atoms with Gasteiger partial charge in [-0.3, -0.25) is 0 Å². The lowest BCUT2D eigenvalue weighted by atomic mass is 9.78. The van der Waals surface area contributed by atoms with Crippen molar-refractivity contribution in [1.82, 2.24) is 4.31 Å². The Balaban J connectivity index is 1.73. The molecule has 2 heterocycles. The number of furan rings is 1. The zero-order chi connectivity index (χ0) is 14.2. The lowest BCUT2D eigenvalue weighted by Crippen LogP contribution is -2.42. The Morgan fingerprint density at radius 3 is 2.35 bits per heavy atom. The van der Waals surface area contributed by atoms with Crippen molar-refractivity contribution in [3.05, 3.63) is 17.9 Å². The van der Waals surface area contributed by atoms with Crippen LogP contribution in [0.4, 0.5) is 0 Å². The maximum absolute atomic E-state index is 12.5. The van der Waals surface area contributed by atoms with Crippen molar-refractivity contribution < 1.29 is 12.8 Å². The van der Waals surface area contributed by atoms with Gasteiger partial charge in [0.05, 0.1) is 6.54 Å². The van der Waals surface area contributed by atoms with E-state index in [9.17, 15) is 8.42 Å². The van der Waals surface area contributed by atoms with Gasteiger partial charge in [0.1, 0.15) is 5.76 Å². The zero-order valence-electron chi connectivity index (χ0n) is 11.7. The number of rotatable bonds is 3. The van der Waals surface area contributed by atoms with E-state index in [-0.39, 0.29) is 11.6 Å². The van der Waals surface area contributed by atoms with Crippen LogP contribution in [0.25, 0.3) is 0 Å². The van der Waals surface area contributed by atoms with Gasteiger partial charge >= 0.3 is 0 Å². The van der Waals surface area contributed by atoms with Gasteiger partial charge in [-0.05, 0) is 43.2 Å². The Labute approximate surface area is 120 Å². The average molecular weight is 298 g/mol. The van der Waals surface area contributed by atoms with Crippen molar-refractivity contribution in [3.63, 3.8) is 0 Å². The summed E-state index contributed by atoms with van der Waals surface area (Å²) < 4.78 is 31.9. The molecule has 1 aromatic heterocycles. The standard InChI is InChI=1S/C14H22N2O3S/c15-11-12-3-4-13(19-12)20(17,18)16-9-7-14(8-10-16)5-1-2-6-14/h3-4H,1-2,5-11,15H2. The molecule has 2 aliphatic rings. The Morgan fingerprint density at radius 2 is 1.80 bits per heavy atom. The fraction of sp³-hybridized carbons (Fsp3) is 0.714. The molecule has 20 heavy (non-hydrogen) atoms. The van der Waals surface area contributed by atoms with Gasteiger partial charge in [-0.1, -0.05) is 12.8 Å². The Kier molecular flexibility index (Phi) is 3.64. The van der Waals surface area contributed by atoms with Crippen molar-refractivity contribution in [2.45, 2.75) is 50.2 Å². The van der Waals surface area contributed by atoms with Crippen LogP contribution in [-0.2, 0) is 16.6 Å². The molecule has 1 saturated heterocycles. The normalized spacial score (nSPS) is 23.4. The van der Waals surface area contributed by atoms with Gasteiger partial charge < -0.3 is 10.2 Å². The zero-order valence-corrected chi connectivity index (χ0v) is 12.5. The Hall–Kier alpha value is -0.850. The smallest absolute Gasteiger partial charge is 0.276 e. The van der Waals surface area contributed by atoms with E-state index in [1.165, 1.54) is 31.7 Å². The molecule has 0 unspecified atom stereocenters. The van der Waals surface area contributed by atoms with E-state index in [4.69, 9.17) is 10.2 Å². The summed E-state index contributed by atoms with van der Waals surface area (Å²) in [6.45, 7) is 1.45. The molecule has 1 spiro atoms. The van der Waals surface area contributed by atoms with E-state index in [2.05, 4.69) is 0 Å². The second-order valence-corrected chi connectivity index (χ2v) is 7.90. The first-order valence-electron chi connectivity index (χ1n) is 7.35. The molecule has 1 saturated carbocycles. The van der Waals surface area contributed by atoms with Crippen LogP contribution in [-0.4, -0.2) is 25.8 Å². The molecule has 112 valence electrons. The summed E-state index contributed by atoms with van der Waals surface area (Å²) in [4.78, 5) is 0. The molecular formula is C14H22N2O3S. The summed E-state index contributed by atoms with van der Waals surface area (Å²) in [6, 6.07) is 3.15. The molecular weight excluding hydrogens is 276 g/mol. The van der Waals surface area contributed by atoms with Crippen molar-refractivity contribution >= 4 is 10.0 Å². The molecule has 0 aromatic carbocycles. The largest absolute Gasteiger partial charge is 0.447 e. The van der Waals surface area contributed by atoms with Gasteiger partial charge in [-0.15, -0.1) is 0 Å². The summed E-state index contributed by atoms with van der Waals surface area (Å²) >= 11 is 0. The topological polar surface area (TPSA) is 76.5 Å². The van der Waals surface area contributed by atoms with Gasteiger partial charge in [0, 0.05) is 13.1 Å². The quantitative estimate of drug-likeness (QED) is 0.927. The minimum absolute atomic E-state index is 0.0281.